The smallest absolute Gasteiger partial charge is 0.264 e. The third-order valence-corrected chi connectivity index (χ3v) is 5.42. The molecule has 5 heteroatoms. The molecule has 0 bridgehead atoms. The maximum absolute atomic E-state index is 12.7. The summed E-state index contributed by atoms with van der Waals surface area (Å²) < 4.78 is 0. The number of carbonyl (C=O) groups excluding carboxylic acids is 1. The van der Waals surface area contributed by atoms with Gasteiger partial charge in [-0.3, -0.25) is 9.69 Å². The number of hydrogen-bond donors (Lipinski definition) is 1. The van der Waals surface area contributed by atoms with Crippen LogP contribution in [0.3, 0.4) is 0 Å². The molecule has 3 rings (SSSR count). The van der Waals surface area contributed by atoms with Gasteiger partial charge in [-0.25, -0.2) is 0 Å². The molecule has 1 aliphatic carbocycles. The zero-order valence-corrected chi connectivity index (χ0v) is 13.4. The predicted molar refractivity (Wildman–Crippen MR) is 84.9 cm³/mol. The molecule has 1 N–H and O–H groups in total. The van der Waals surface area contributed by atoms with E-state index in [9.17, 15) is 9.90 Å². The summed E-state index contributed by atoms with van der Waals surface area (Å²) in [4.78, 5) is 17.9. The maximum atomic E-state index is 12.7. The summed E-state index contributed by atoms with van der Waals surface area (Å²) in [6, 6.07) is 2.13. The summed E-state index contributed by atoms with van der Waals surface area (Å²) in [5.74, 6) is 0.846. The van der Waals surface area contributed by atoms with Gasteiger partial charge in [-0.2, -0.15) is 0 Å². The molecule has 1 atom stereocenters. The van der Waals surface area contributed by atoms with Gasteiger partial charge < -0.3 is 10.0 Å². The van der Waals surface area contributed by atoms with E-state index in [1.165, 1.54) is 18.4 Å². The molecule has 1 aromatic rings. The van der Waals surface area contributed by atoms with Crippen LogP contribution in [0.4, 0.5) is 0 Å². The Morgan fingerprint density at radius 1 is 1.38 bits per heavy atom. The van der Waals surface area contributed by atoms with Crippen LogP contribution in [0, 0.1) is 0 Å². The van der Waals surface area contributed by atoms with E-state index < -0.39 is 0 Å². The van der Waals surface area contributed by atoms with E-state index in [1.807, 2.05) is 11.8 Å². The Morgan fingerprint density at radius 2 is 2.10 bits per heavy atom. The Morgan fingerprint density at radius 3 is 2.71 bits per heavy atom. The van der Waals surface area contributed by atoms with Crippen molar-refractivity contribution in [1.82, 2.24) is 9.80 Å². The Hall–Kier alpha value is -0.910. The van der Waals surface area contributed by atoms with Crippen LogP contribution < -0.4 is 0 Å². The Labute approximate surface area is 130 Å². The predicted octanol–water partition coefficient (Wildman–Crippen LogP) is 2.15. The van der Waals surface area contributed by atoms with Gasteiger partial charge in [0.05, 0.1) is 11.0 Å². The average molecular weight is 308 g/mol. The molecule has 1 aromatic heterocycles. The minimum Gasteiger partial charge on any atom is -0.392 e. The van der Waals surface area contributed by atoms with Crippen LogP contribution in [0.1, 0.15) is 47.3 Å². The minimum atomic E-state index is -0.244. The molecule has 0 radical (unpaired) electrons. The highest BCUT2D eigenvalue weighted by atomic mass is 32.1. The summed E-state index contributed by atoms with van der Waals surface area (Å²) in [6.07, 6.45) is 3.02. The van der Waals surface area contributed by atoms with Crippen molar-refractivity contribution in [2.75, 3.05) is 32.7 Å². The first-order valence-corrected chi connectivity index (χ1v) is 8.84. The fourth-order valence-corrected chi connectivity index (χ4v) is 3.86. The van der Waals surface area contributed by atoms with Crippen LogP contribution in [0.15, 0.2) is 11.4 Å². The van der Waals surface area contributed by atoms with Crippen LogP contribution in [0.5, 0.6) is 0 Å². The lowest BCUT2D eigenvalue weighted by Gasteiger charge is -2.35. The van der Waals surface area contributed by atoms with Crippen LogP contribution in [-0.4, -0.2) is 59.6 Å². The monoisotopic (exact) mass is 308 g/mol. The molecular weight excluding hydrogens is 284 g/mol. The van der Waals surface area contributed by atoms with Crippen molar-refractivity contribution in [2.24, 2.45) is 0 Å². The van der Waals surface area contributed by atoms with Crippen LogP contribution >= 0.6 is 11.3 Å². The quantitative estimate of drug-likeness (QED) is 0.906. The molecule has 2 fully saturated rings. The van der Waals surface area contributed by atoms with Gasteiger partial charge in [-0.15, -0.1) is 11.3 Å². The van der Waals surface area contributed by atoms with Crippen molar-refractivity contribution in [2.45, 2.75) is 38.2 Å². The van der Waals surface area contributed by atoms with Crippen molar-refractivity contribution in [3.63, 3.8) is 0 Å². The van der Waals surface area contributed by atoms with Crippen molar-refractivity contribution < 1.29 is 9.90 Å². The standard InChI is InChI=1S/C16H24N2O2S/c1-2-13(19)11-17-6-8-18(9-7-17)16(20)15-14(5-10-21-15)12-3-4-12/h5,10,12-13,19H,2-4,6-9,11H2,1H3. The van der Waals surface area contributed by atoms with Crippen LogP contribution in [0.2, 0.25) is 0 Å². The number of β-amino-alcohol motifs (C(OH)–C–C–N with tert-alkyl or cyclic N) is 1. The number of aliphatic hydroxyl groups excluding tert-OH is 1. The second kappa shape index (κ2) is 6.46. The van der Waals surface area contributed by atoms with E-state index in [1.54, 1.807) is 11.3 Å². The maximum Gasteiger partial charge on any atom is 0.264 e. The molecule has 21 heavy (non-hydrogen) atoms. The molecule has 2 aliphatic rings. The number of thiophene rings is 1. The molecular formula is C16H24N2O2S. The second-order valence-electron chi connectivity index (χ2n) is 6.13. The van der Waals surface area contributed by atoms with Crippen molar-refractivity contribution in [1.29, 1.82) is 0 Å². The molecule has 4 nitrogen and oxygen atoms in total. The van der Waals surface area contributed by atoms with E-state index in [-0.39, 0.29) is 12.0 Å². The second-order valence-corrected chi connectivity index (χ2v) is 7.05. The Balaban J connectivity index is 1.56. The lowest BCUT2D eigenvalue weighted by molar-refractivity contribution is 0.0526. The number of rotatable bonds is 5. The summed E-state index contributed by atoms with van der Waals surface area (Å²) in [7, 11) is 0. The van der Waals surface area contributed by atoms with E-state index in [2.05, 4.69) is 16.3 Å². The highest BCUT2D eigenvalue weighted by Gasteiger charge is 2.31. The van der Waals surface area contributed by atoms with Gasteiger partial charge in [0.25, 0.3) is 5.91 Å². The zero-order chi connectivity index (χ0) is 14.8. The SMILES string of the molecule is CCC(O)CN1CCN(C(=O)c2sccc2C2CC2)CC1. The fraction of sp³-hybridized carbons (Fsp3) is 0.688. The van der Waals surface area contributed by atoms with E-state index in [0.717, 1.165) is 44.0 Å². The summed E-state index contributed by atoms with van der Waals surface area (Å²) in [5, 5.41) is 11.8. The van der Waals surface area contributed by atoms with Gasteiger partial charge in [0.15, 0.2) is 0 Å². The van der Waals surface area contributed by atoms with Crippen LogP contribution in [-0.2, 0) is 0 Å². The molecule has 116 valence electrons. The molecule has 2 heterocycles. The van der Waals surface area contributed by atoms with E-state index >= 15 is 0 Å². The normalized spacial score (nSPS) is 21.5. The third kappa shape index (κ3) is 3.47. The minimum absolute atomic E-state index is 0.211. The van der Waals surface area contributed by atoms with E-state index in [0.29, 0.717) is 5.92 Å². The zero-order valence-electron chi connectivity index (χ0n) is 12.6. The third-order valence-electron chi connectivity index (χ3n) is 4.51. The van der Waals surface area contributed by atoms with Gasteiger partial charge in [0.1, 0.15) is 0 Å². The number of amides is 1. The van der Waals surface area contributed by atoms with Crippen molar-refractivity contribution in [3.05, 3.63) is 21.9 Å². The number of aliphatic hydroxyl groups is 1. The molecule has 1 amide bonds. The molecule has 1 saturated carbocycles. The number of nitrogens with zero attached hydrogens (tertiary/aromatic N) is 2. The highest BCUT2D eigenvalue weighted by Crippen LogP contribution is 2.43. The average Bonchev–Trinajstić information content (AvgIpc) is 3.24. The van der Waals surface area contributed by atoms with Crippen molar-refractivity contribution in [3.8, 4) is 0 Å². The fourth-order valence-electron chi connectivity index (χ4n) is 2.91. The molecule has 1 saturated heterocycles. The van der Waals surface area contributed by atoms with Gasteiger partial charge >= 0.3 is 0 Å². The first-order chi connectivity index (χ1) is 10.2. The topological polar surface area (TPSA) is 43.8 Å². The summed E-state index contributed by atoms with van der Waals surface area (Å²) >= 11 is 1.59. The highest BCUT2D eigenvalue weighted by molar-refractivity contribution is 7.12. The molecule has 1 unspecified atom stereocenters. The van der Waals surface area contributed by atoms with Crippen molar-refractivity contribution >= 4 is 17.2 Å². The lowest BCUT2D eigenvalue weighted by Crippen LogP contribution is -2.50. The number of carbonyl (C=O) groups is 1. The summed E-state index contributed by atoms with van der Waals surface area (Å²) in [6.45, 7) is 6.01. The Bertz CT molecular complexity index is 490. The number of hydrogen-bond acceptors (Lipinski definition) is 4. The van der Waals surface area contributed by atoms with Crippen LogP contribution in [0.25, 0.3) is 0 Å². The molecule has 0 aromatic carbocycles. The van der Waals surface area contributed by atoms with Gasteiger partial charge in [-0.05, 0) is 42.2 Å². The number of piperazine rings is 1. The first-order valence-electron chi connectivity index (χ1n) is 7.96. The lowest BCUT2D eigenvalue weighted by atomic mass is 10.1. The largest absolute Gasteiger partial charge is 0.392 e. The van der Waals surface area contributed by atoms with Gasteiger partial charge in [0.2, 0.25) is 0 Å². The molecule has 0 spiro atoms. The molecule has 1 aliphatic heterocycles. The van der Waals surface area contributed by atoms with Gasteiger partial charge in [-0.1, -0.05) is 6.92 Å². The summed E-state index contributed by atoms with van der Waals surface area (Å²) in [5.41, 5.74) is 1.27. The van der Waals surface area contributed by atoms with E-state index in [4.69, 9.17) is 0 Å². The first kappa shape index (κ1) is 15.0. The van der Waals surface area contributed by atoms with Gasteiger partial charge in [0, 0.05) is 32.7 Å². The Kier molecular flexibility index (Phi) is 4.62.